The van der Waals surface area contributed by atoms with Crippen molar-refractivity contribution in [2.75, 3.05) is 11.5 Å². The Morgan fingerprint density at radius 1 is 1.67 bits per heavy atom. The third kappa shape index (κ3) is 1.64. The molecule has 1 fully saturated rings. The molecule has 1 nitrogen and oxygen atoms in total. The Balaban J connectivity index is 2.49. The van der Waals surface area contributed by atoms with Gasteiger partial charge >= 0.3 is 0 Å². The van der Waals surface area contributed by atoms with Gasteiger partial charge in [-0.05, 0) is 18.6 Å². The monoisotopic (exact) mass is 142 g/mol. The standard InChI is InChI=1S/C7H10OS/c1-2-7(8)4-3-5-9-6-7/h1,8H,3-6H2. The lowest BCUT2D eigenvalue weighted by Gasteiger charge is -2.25. The molecular formula is C7H10OS. The molecule has 1 atom stereocenters. The van der Waals surface area contributed by atoms with Crippen molar-refractivity contribution in [2.24, 2.45) is 0 Å². The van der Waals surface area contributed by atoms with E-state index in [1.807, 2.05) is 0 Å². The summed E-state index contributed by atoms with van der Waals surface area (Å²) in [6, 6.07) is 0. The highest BCUT2D eigenvalue weighted by Crippen LogP contribution is 2.25. The number of terminal acetylenes is 1. The summed E-state index contributed by atoms with van der Waals surface area (Å²) in [7, 11) is 0. The zero-order valence-corrected chi connectivity index (χ0v) is 6.08. The Morgan fingerprint density at radius 2 is 2.44 bits per heavy atom. The van der Waals surface area contributed by atoms with Crippen LogP contribution < -0.4 is 0 Å². The van der Waals surface area contributed by atoms with Crippen LogP contribution in [0.15, 0.2) is 0 Å². The zero-order valence-electron chi connectivity index (χ0n) is 5.26. The van der Waals surface area contributed by atoms with Gasteiger partial charge in [0.1, 0.15) is 5.60 Å². The highest BCUT2D eigenvalue weighted by Gasteiger charge is 2.26. The summed E-state index contributed by atoms with van der Waals surface area (Å²) >= 11 is 1.73. The van der Waals surface area contributed by atoms with Gasteiger partial charge in [0, 0.05) is 5.75 Å². The third-order valence-electron chi connectivity index (χ3n) is 1.49. The first-order valence-electron chi connectivity index (χ1n) is 3.05. The molecule has 0 radical (unpaired) electrons. The summed E-state index contributed by atoms with van der Waals surface area (Å²) in [5.74, 6) is 4.27. The number of aliphatic hydroxyl groups is 1. The summed E-state index contributed by atoms with van der Waals surface area (Å²) in [6.45, 7) is 0. The first kappa shape index (κ1) is 6.98. The van der Waals surface area contributed by atoms with Gasteiger partial charge in [-0.3, -0.25) is 0 Å². The minimum atomic E-state index is -0.789. The molecule has 0 aromatic rings. The van der Waals surface area contributed by atoms with Crippen LogP contribution in [0.5, 0.6) is 0 Å². The molecule has 50 valence electrons. The van der Waals surface area contributed by atoms with Crippen LogP contribution in [-0.2, 0) is 0 Å². The minimum absolute atomic E-state index is 0.712. The summed E-state index contributed by atoms with van der Waals surface area (Å²) in [4.78, 5) is 0. The van der Waals surface area contributed by atoms with Crippen LogP contribution in [0.3, 0.4) is 0 Å². The molecule has 0 spiro atoms. The average molecular weight is 142 g/mol. The van der Waals surface area contributed by atoms with E-state index >= 15 is 0 Å². The van der Waals surface area contributed by atoms with Crippen molar-refractivity contribution in [2.45, 2.75) is 18.4 Å². The molecule has 1 N–H and O–H groups in total. The average Bonchev–Trinajstić information content (AvgIpc) is 1.90. The van der Waals surface area contributed by atoms with E-state index < -0.39 is 5.60 Å². The molecule has 0 bridgehead atoms. The highest BCUT2D eigenvalue weighted by molar-refractivity contribution is 7.99. The second-order valence-corrected chi connectivity index (χ2v) is 3.44. The molecule has 1 aliphatic heterocycles. The molecular weight excluding hydrogens is 132 g/mol. The summed E-state index contributed by atoms with van der Waals surface area (Å²) < 4.78 is 0. The second-order valence-electron chi connectivity index (χ2n) is 2.33. The van der Waals surface area contributed by atoms with Gasteiger partial charge in [0.2, 0.25) is 0 Å². The highest BCUT2D eigenvalue weighted by atomic mass is 32.2. The summed E-state index contributed by atoms with van der Waals surface area (Å²) in [5.41, 5.74) is -0.789. The largest absolute Gasteiger partial charge is 0.377 e. The molecule has 0 aromatic carbocycles. The topological polar surface area (TPSA) is 20.2 Å². The van der Waals surface area contributed by atoms with Gasteiger partial charge in [-0.25, -0.2) is 0 Å². The molecule has 0 amide bonds. The molecule has 2 heteroatoms. The van der Waals surface area contributed by atoms with Gasteiger partial charge in [0.25, 0.3) is 0 Å². The van der Waals surface area contributed by atoms with E-state index in [1.54, 1.807) is 11.8 Å². The number of rotatable bonds is 0. The molecule has 0 saturated carbocycles. The van der Waals surface area contributed by atoms with Crippen molar-refractivity contribution >= 4 is 11.8 Å². The Kier molecular flexibility index (Phi) is 2.05. The van der Waals surface area contributed by atoms with Crippen molar-refractivity contribution < 1.29 is 5.11 Å². The predicted octanol–water partition coefficient (Wildman–Crippen LogP) is 0.878. The fourth-order valence-corrected chi connectivity index (χ4v) is 1.95. The van der Waals surface area contributed by atoms with Gasteiger partial charge in [-0.2, -0.15) is 11.8 Å². The van der Waals surface area contributed by atoms with Crippen molar-refractivity contribution in [3.63, 3.8) is 0 Å². The van der Waals surface area contributed by atoms with Crippen LogP contribution in [0, 0.1) is 12.3 Å². The van der Waals surface area contributed by atoms with Gasteiger partial charge in [-0.15, -0.1) is 6.42 Å². The van der Waals surface area contributed by atoms with Crippen molar-refractivity contribution in [1.82, 2.24) is 0 Å². The van der Waals surface area contributed by atoms with E-state index in [-0.39, 0.29) is 0 Å². The Bertz CT molecular complexity index is 130. The van der Waals surface area contributed by atoms with Gasteiger partial charge in [0.15, 0.2) is 0 Å². The minimum Gasteiger partial charge on any atom is -0.377 e. The van der Waals surface area contributed by atoms with Crippen LogP contribution in [0.4, 0.5) is 0 Å². The third-order valence-corrected chi connectivity index (χ3v) is 2.75. The molecule has 1 unspecified atom stereocenters. The van der Waals surface area contributed by atoms with E-state index in [4.69, 9.17) is 6.42 Å². The zero-order chi connectivity index (χ0) is 6.74. The van der Waals surface area contributed by atoms with E-state index in [9.17, 15) is 5.11 Å². The Labute approximate surface area is 59.8 Å². The quantitative estimate of drug-likeness (QED) is 0.507. The number of hydrogen-bond acceptors (Lipinski definition) is 2. The molecule has 0 aromatic heterocycles. The fraction of sp³-hybridized carbons (Fsp3) is 0.714. The van der Waals surface area contributed by atoms with Crippen LogP contribution in [0.25, 0.3) is 0 Å². The van der Waals surface area contributed by atoms with Crippen LogP contribution in [0.1, 0.15) is 12.8 Å². The molecule has 1 saturated heterocycles. The van der Waals surface area contributed by atoms with Gasteiger partial charge < -0.3 is 5.11 Å². The Hall–Kier alpha value is -0.130. The SMILES string of the molecule is C#CC1(O)CCCSC1. The summed E-state index contributed by atoms with van der Waals surface area (Å²) in [6.07, 6.45) is 6.95. The molecule has 1 heterocycles. The summed E-state index contributed by atoms with van der Waals surface area (Å²) in [5, 5.41) is 9.42. The van der Waals surface area contributed by atoms with E-state index in [2.05, 4.69) is 5.92 Å². The van der Waals surface area contributed by atoms with Gasteiger partial charge in [0.05, 0.1) is 0 Å². The van der Waals surface area contributed by atoms with Crippen molar-refractivity contribution in [3.05, 3.63) is 0 Å². The molecule has 0 aliphatic carbocycles. The first-order valence-corrected chi connectivity index (χ1v) is 4.20. The van der Waals surface area contributed by atoms with E-state index in [1.165, 1.54) is 0 Å². The Morgan fingerprint density at radius 3 is 2.78 bits per heavy atom. The molecule has 9 heavy (non-hydrogen) atoms. The van der Waals surface area contributed by atoms with Crippen molar-refractivity contribution in [1.29, 1.82) is 0 Å². The second kappa shape index (κ2) is 2.64. The maximum Gasteiger partial charge on any atom is 0.134 e. The maximum absolute atomic E-state index is 9.42. The van der Waals surface area contributed by atoms with Crippen molar-refractivity contribution in [3.8, 4) is 12.3 Å². The van der Waals surface area contributed by atoms with Gasteiger partial charge in [-0.1, -0.05) is 5.92 Å². The molecule has 1 rings (SSSR count). The van der Waals surface area contributed by atoms with E-state index in [0.717, 1.165) is 18.6 Å². The number of hydrogen-bond donors (Lipinski definition) is 1. The maximum atomic E-state index is 9.42. The first-order chi connectivity index (χ1) is 4.27. The van der Waals surface area contributed by atoms with Crippen LogP contribution in [-0.4, -0.2) is 22.2 Å². The lowest BCUT2D eigenvalue weighted by atomic mass is 10.0. The van der Waals surface area contributed by atoms with E-state index in [0.29, 0.717) is 5.75 Å². The lowest BCUT2D eigenvalue weighted by molar-refractivity contribution is 0.114. The fourth-order valence-electron chi connectivity index (χ4n) is 0.894. The predicted molar refractivity (Wildman–Crippen MR) is 40.3 cm³/mol. The van der Waals surface area contributed by atoms with Crippen LogP contribution in [0.2, 0.25) is 0 Å². The lowest BCUT2D eigenvalue weighted by Crippen LogP contribution is -2.32. The normalized spacial score (nSPS) is 35.6. The van der Waals surface area contributed by atoms with Crippen LogP contribution >= 0.6 is 11.8 Å². The molecule has 1 aliphatic rings. The smallest absolute Gasteiger partial charge is 0.134 e. The number of thioether (sulfide) groups is 1.